The number of rotatable bonds is 3. The summed E-state index contributed by atoms with van der Waals surface area (Å²) in [5.74, 6) is -12.7. The second-order valence-electron chi connectivity index (χ2n) is 18.9. The van der Waals surface area contributed by atoms with Gasteiger partial charge in [-0.05, 0) is 110 Å². The molecule has 3 aliphatic carbocycles. The largest absolute Gasteiger partial charge is 0.332 e. The number of hydrogen-bond donors (Lipinski definition) is 0. The molecule has 6 aliphatic heterocycles. The number of benzene rings is 3. The van der Waals surface area contributed by atoms with Gasteiger partial charge in [0.15, 0.2) is 0 Å². The van der Waals surface area contributed by atoms with E-state index in [1.807, 2.05) is 53.4 Å². The Morgan fingerprint density at radius 3 is 1.30 bits per heavy atom. The van der Waals surface area contributed by atoms with Crippen LogP contribution in [0.1, 0.15) is 185 Å². The van der Waals surface area contributed by atoms with Gasteiger partial charge in [-0.2, -0.15) is 0 Å². The van der Waals surface area contributed by atoms with Crippen LogP contribution in [0.15, 0.2) is 72.8 Å². The molecular formula is C59H78N6O6. The van der Waals surface area contributed by atoms with E-state index in [1.54, 1.807) is 26.8 Å². The fourth-order valence-electron chi connectivity index (χ4n) is 11.1. The molecule has 6 heterocycles. The molecule has 0 aromatic heterocycles. The summed E-state index contributed by atoms with van der Waals surface area (Å²) in [5, 5.41) is 0. The zero-order valence-electron chi connectivity index (χ0n) is 61.3. The smallest absolute Gasteiger partial charge is 0.242 e. The first-order valence-electron chi connectivity index (χ1n) is 35.3. The minimum Gasteiger partial charge on any atom is -0.332 e. The average Bonchev–Trinajstić information content (AvgIpc) is 0.669. The topological polar surface area (TPSA) is 122 Å². The normalized spacial score (nSPS) is 39.5. The van der Waals surface area contributed by atoms with Gasteiger partial charge < -0.3 is 29.4 Å². The maximum absolute atomic E-state index is 13.7. The number of fused-ring (bicyclic) bond motifs is 9. The third kappa shape index (κ3) is 10.8. The van der Waals surface area contributed by atoms with Crippen molar-refractivity contribution in [2.75, 3.05) is 58.9 Å². The van der Waals surface area contributed by atoms with Crippen LogP contribution in [0.3, 0.4) is 0 Å². The van der Waals surface area contributed by atoms with E-state index >= 15 is 0 Å². The van der Waals surface area contributed by atoms with Crippen molar-refractivity contribution < 1.29 is 58.9 Å². The van der Waals surface area contributed by atoms with Crippen LogP contribution in [-0.4, -0.2) is 124 Å². The maximum Gasteiger partial charge on any atom is 0.242 e. The summed E-state index contributed by atoms with van der Waals surface area (Å²) < 4.78 is 180. The summed E-state index contributed by atoms with van der Waals surface area (Å²) in [6.07, 6.45) is -28.6. The Balaban J connectivity index is 0.000000166. The van der Waals surface area contributed by atoms with Crippen LogP contribution in [0.25, 0.3) is 0 Å². The molecule has 3 unspecified atom stereocenters. The average molecular weight is 989 g/mol. The van der Waals surface area contributed by atoms with Gasteiger partial charge in [0.25, 0.3) is 0 Å². The molecule has 3 aromatic rings. The standard InChI is InChI=1S/C20H26N2O2.2C19H24N2O2.CH4/c1-14-6-8-16(9-7-14)20(24)21-12-18-17-5-3-2-4-15(17)10-11-22(18)19(23)13-21;2*22-18-13-20(19(23)15-7-2-1-3-8-15)12-17-16-9-5-4-6-14(16)10-11-21(17)18;/h2-5,14,16,18H,6-13H2,1H3;2*4-6,9,15,17H,1-3,7-8,10-13H2;1H4/i6D2,7D2,8D2,9D2,14D;1D2,2D2,3D2,7D2,8D2,15D;1D2;. The molecule has 0 bridgehead atoms. The first-order chi connectivity index (χ1) is 42.3. The molecule has 12 rings (SSSR count). The van der Waals surface area contributed by atoms with Gasteiger partial charge in [-0.1, -0.05) is 125 Å². The van der Waals surface area contributed by atoms with Gasteiger partial charge in [0.1, 0.15) is 0 Å². The minimum atomic E-state index is -3.79. The molecule has 12 nitrogen and oxygen atoms in total. The van der Waals surface area contributed by atoms with Gasteiger partial charge in [0.2, 0.25) is 35.4 Å². The van der Waals surface area contributed by atoms with Crippen molar-refractivity contribution in [3.05, 3.63) is 106 Å². The Morgan fingerprint density at radius 1 is 0.493 bits per heavy atom. The minimum absolute atomic E-state index is 0. The van der Waals surface area contributed by atoms with Crippen molar-refractivity contribution in [3.63, 3.8) is 0 Å². The second-order valence-corrected chi connectivity index (χ2v) is 18.9. The van der Waals surface area contributed by atoms with E-state index in [-0.39, 0.29) is 56.7 Å². The fraction of sp³-hybridized carbons (Fsp3) is 0.593. The SMILES string of the molecule is C.[2H]C1([2H])C(C(=O)N2CC(=O)N3CCc4ccccc4C3C2)C([2H])([2H])C([2H])([2H])C([2H])(C)C1([2H])[2H].[2H]C1([2H])C([2H])([2H])C([2H])([2H])C([2H])(C(=O)N2CC(=O)N3CCc4ccccc4C3C2)C([2H])([2H])C1([2H])[2H].[2H]C1([2H])CCC(C(=O)N2CC(=O)N3CCc4ccccc4C3C2)CC1. The zero-order chi connectivity index (χ0) is 68.1. The highest BCUT2D eigenvalue weighted by molar-refractivity contribution is 5.89. The summed E-state index contributed by atoms with van der Waals surface area (Å²) >= 11 is 0. The van der Waals surface area contributed by atoms with Crippen molar-refractivity contribution in [1.29, 1.82) is 0 Å². The van der Waals surface area contributed by atoms with Crippen LogP contribution in [0.5, 0.6) is 0 Å². The number of nitrogens with zero attached hydrogens (tertiary/aromatic N) is 6. The molecule has 0 radical (unpaired) electrons. The van der Waals surface area contributed by atoms with Gasteiger partial charge in [-0.15, -0.1) is 0 Å². The highest BCUT2D eigenvalue weighted by Gasteiger charge is 2.43. The summed E-state index contributed by atoms with van der Waals surface area (Å²) in [5.41, 5.74) is 5.98. The second kappa shape index (κ2) is 22.5. The first-order valence-corrected chi connectivity index (χ1v) is 24.3. The Hall–Kier alpha value is -5.52. The summed E-state index contributed by atoms with van der Waals surface area (Å²) in [6, 6.07) is 21.7. The summed E-state index contributed by atoms with van der Waals surface area (Å²) in [4.78, 5) is 87.2. The lowest BCUT2D eigenvalue weighted by Crippen LogP contribution is -2.56. The maximum atomic E-state index is 13.7. The fourth-order valence-corrected chi connectivity index (χ4v) is 11.1. The molecule has 3 saturated carbocycles. The number of amides is 6. The molecule has 6 fully saturated rings. The molecule has 0 N–H and O–H groups in total. The number of piperazine rings is 3. The Bertz CT molecular complexity index is 3410. The molecule has 3 aromatic carbocycles. The lowest BCUT2D eigenvalue weighted by molar-refractivity contribution is -0.152. The molecule has 71 heavy (non-hydrogen) atoms. The third-order valence-electron chi connectivity index (χ3n) is 14.7. The predicted octanol–water partition coefficient (Wildman–Crippen LogP) is 8.49. The molecule has 6 amide bonds. The van der Waals surface area contributed by atoms with Crippen LogP contribution in [0.4, 0.5) is 0 Å². The highest BCUT2D eigenvalue weighted by Crippen LogP contribution is 2.38. The summed E-state index contributed by atoms with van der Waals surface area (Å²) in [7, 11) is 0. The Kier molecular flexibility index (Phi) is 9.46. The van der Waals surface area contributed by atoms with Crippen molar-refractivity contribution in [2.45, 2.75) is 141 Å². The molecule has 12 heteroatoms. The highest BCUT2D eigenvalue weighted by atomic mass is 16.2. The van der Waals surface area contributed by atoms with Crippen LogP contribution in [0.2, 0.25) is 0 Å². The van der Waals surface area contributed by atoms with Gasteiger partial charge in [0.05, 0.1) is 37.8 Å². The van der Waals surface area contributed by atoms with E-state index in [9.17, 15) is 28.8 Å². The van der Waals surface area contributed by atoms with Crippen molar-refractivity contribution in [1.82, 2.24) is 29.4 Å². The van der Waals surface area contributed by atoms with Crippen LogP contribution >= 0.6 is 0 Å². The van der Waals surface area contributed by atoms with Crippen LogP contribution in [-0.2, 0) is 48.0 Å². The van der Waals surface area contributed by atoms with Gasteiger partial charge in [0, 0.05) is 87.2 Å². The Morgan fingerprint density at radius 2 is 0.873 bits per heavy atom. The number of hydrogen-bond acceptors (Lipinski definition) is 6. The molecule has 3 saturated heterocycles. The predicted molar refractivity (Wildman–Crippen MR) is 275 cm³/mol. The van der Waals surface area contributed by atoms with Gasteiger partial charge >= 0.3 is 0 Å². The van der Waals surface area contributed by atoms with E-state index < -0.39 is 124 Å². The lowest BCUT2D eigenvalue weighted by atomic mass is 9.82. The van der Waals surface area contributed by atoms with Gasteiger partial charge in [-0.3, -0.25) is 28.8 Å². The molecular weight excluding hydrogens is 889 g/mol. The number of carbonyl (C=O) groups is 6. The van der Waals surface area contributed by atoms with Gasteiger partial charge in [-0.25, -0.2) is 0 Å². The van der Waals surface area contributed by atoms with Crippen molar-refractivity contribution in [2.24, 2.45) is 23.6 Å². The van der Waals surface area contributed by atoms with E-state index in [4.69, 9.17) is 30.2 Å². The van der Waals surface area contributed by atoms with E-state index in [0.717, 1.165) is 51.9 Å². The zero-order valence-corrected chi connectivity index (χ0v) is 39.3. The third-order valence-corrected chi connectivity index (χ3v) is 14.7. The molecule has 3 atom stereocenters. The van der Waals surface area contributed by atoms with Crippen molar-refractivity contribution in [3.8, 4) is 0 Å². The lowest BCUT2D eigenvalue weighted by Gasteiger charge is -2.45. The number of carbonyl (C=O) groups excluding carboxylic acids is 6. The quantitative estimate of drug-likeness (QED) is 0.260. The van der Waals surface area contributed by atoms with E-state index in [1.165, 1.54) is 11.1 Å². The summed E-state index contributed by atoms with van der Waals surface area (Å²) in [6.45, 7) is 1.81. The van der Waals surface area contributed by atoms with Crippen LogP contribution < -0.4 is 0 Å². The van der Waals surface area contributed by atoms with E-state index in [0.29, 0.717) is 58.2 Å². The van der Waals surface area contributed by atoms with Crippen molar-refractivity contribution >= 4 is 35.4 Å². The molecule has 380 valence electrons. The molecule has 9 aliphatic rings. The van der Waals surface area contributed by atoms with E-state index in [2.05, 4.69) is 12.1 Å². The monoisotopic (exact) mass is 989 g/mol. The first kappa shape index (κ1) is 29.9. The Labute approximate surface area is 453 Å². The van der Waals surface area contributed by atoms with Crippen LogP contribution in [0, 0.1) is 23.6 Å². The molecule has 0 spiro atoms.